The average molecular weight is 306 g/mol. The average Bonchev–Trinajstić information content (AvgIpc) is 2.86. The van der Waals surface area contributed by atoms with E-state index in [1.54, 1.807) is 17.3 Å². The van der Waals surface area contributed by atoms with Gasteiger partial charge < -0.3 is 10.6 Å². The van der Waals surface area contributed by atoms with Gasteiger partial charge in [-0.25, -0.2) is 0 Å². The summed E-state index contributed by atoms with van der Waals surface area (Å²) in [7, 11) is 1.81. The lowest BCUT2D eigenvalue weighted by molar-refractivity contribution is -0.123. The van der Waals surface area contributed by atoms with Crippen LogP contribution in [0.4, 0.5) is 5.69 Å². The Morgan fingerprint density at radius 3 is 2.79 bits per heavy atom. The first-order valence-electron chi connectivity index (χ1n) is 6.11. The summed E-state index contributed by atoms with van der Waals surface area (Å²) >= 11 is 0. The minimum atomic E-state index is 0. The van der Waals surface area contributed by atoms with Crippen molar-refractivity contribution in [2.75, 3.05) is 18.5 Å². The maximum atomic E-state index is 12.4. The largest absolute Gasteiger partial charge is 0.330 e. The molecular weight excluding hydrogens is 285 g/mol. The predicted octanol–water partition coefficient (Wildman–Crippen LogP) is 2.26. The topological polar surface area (TPSA) is 59.2 Å². The van der Waals surface area contributed by atoms with E-state index < -0.39 is 0 Å². The molecule has 0 saturated heterocycles. The zero-order valence-electron chi connectivity index (χ0n) is 11.0. The Bertz CT molecular complexity index is 389. The Labute approximate surface area is 126 Å². The number of nitrogens with zero attached hydrogens (tertiary/aromatic N) is 2. The molecule has 1 fully saturated rings. The molecular formula is C13H21Cl2N3O. The molecule has 2 rings (SSSR count). The van der Waals surface area contributed by atoms with Gasteiger partial charge in [0, 0.05) is 19.2 Å². The van der Waals surface area contributed by atoms with E-state index in [-0.39, 0.29) is 36.6 Å². The van der Waals surface area contributed by atoms with Crippen LogP contribution in [0.25, 0.3) is 0 Å². The van der Waals surface area contributed by atoms with E-state index in [1.165, 1.54) is 0 Å². The molecule has 2 N–H and O–H groups in total. The standard InChI is InChI=1S/C13H19N3O.2ClH/c1-16(11-5-3-7-15-9-11)13(17)12-6-2-4-10(12)8-14;;/h3,5,7,9-10,12H,2,4,6,8,14H2,1H3;2*1H/t10-,12-;;/m1../s1. The fourth-order valence-corrected chi connectivity index (χ4v) is 2.57. The van der Waals surface area contributed by atoms with Gasteiger partial charge in [0.2, 0.25) is 5.91 Å². The molecule has 0 bridgehead atoms. The number of carbonyl (C=O) groups excluding carboxylic acids is 1. The third kappa shape index (κ3) is 4.06. The van der Waals surface area contributed by atoms with Gasteiger partial charge in [0.05, 0.1) is 11.9 Å². The fraction of sp³-hybridized carbons (Fsp3) is 0.538. The first-order valence-corrected chi connectivity index (χ1v) is 6.11. The SMILES string of the molecule is CN(C(=O)[C@@H]1CCC[C@@H]1CN)c1cccnc1.Cl.Cl. The second kappa shape index (κ2) is 8.35. The van der Waals surface area contributed by atoms with Crippen LogP contribution in [-0.4, -0.2) is 24.5 Å². The zero-order chi connectivity index (χ0) is 12.3. The van der Waals surface area contributed by atoms with Crippen LogP contribution in [0.1, 0.15) is 19.3 Å². The van der Waals surface area contributed by atoms with Crippen LogP contribution >= 0.6 is 24.8 Å². The van der Waals surface area contributed by atoms with Gasteiger partial charge in [-0.15, -0.1) is 24.8 Å². The lowest BCUT2D eigenvalue weighted by Crippen LogP contribution is -2.36. The maximum absolute atomic E-state index is 12.4. The molecule has 0 aliphatic heterocycles. The van der Waals surface area contributed by atoms with Crippen molar-refractivity contribution in [2.24, 2.45) is 17.6 Å². The van der Waals surface area contributed by atoms with Gasteiger partial charge in [-0.2, -0.15) is 0 Å². The third-order valence-electron chi connectivity index (χ3n) is 3.64. The molecule has 1 aromatic rings. The van der Waals surface area contributed by atoms with Gasteiger partial charge in [0.15, 0.2) is 0 Å². The molecule has 0 aromatic carbocycles. The second-order valence-corrected chi connectivity index (χ2v) is 4.64. The van der Waals surface area contributed by atoms with E-state index in [1.807, 2.05) is 19.2 Å². The van der Waals surface area contributed by atoms with Gasteiger partial charge in [0.25, 0.3) is 0 Å². The predicted molar refractivity (Wildman–Crippen MR) is 82.0 cm³/mol. The first-order chi connectivity index (χ1) is 8.24. The molecule has 2 atom stereocenters. The molecule has 0 spiro atoms. The van der Waals surface area contributed by atoms with Crippen molar-refractivity contribution in [3.05, 3.63) is 24.5 Å². The summed E-state index contributed by atoms with van der Waals surface area (Å²) in [4.78, 5) is 18.1. The fourth-order valence-electron chi connectivity index (χ4n) is 2.57. The molecule has 0 radical (unpaired) electrons. The van der Waals surface area contributed by atoms with Crippen molar-refractivity contribution in [2.45, 2.75) is 19.3 Å². The zero-order valence-corrected chi connectivity index (χ0v) is 12.6. The Morgan fingerprint density at radius 2 is 2.21 bits per heavy atom. The number of aromatic nitrogens is 1. The highest BCUT2D eigenvalue weighted by Gasteiger charge is 2.33. The Kier molecular flexibility index (Phi) is 7.99. The number of amides is 1. The van der Waals surface area contributed by atoms with Crippen LogP contribution in [0.3, 0.4) is 0 Å². The first kappa shape index (κ1) is 18.2. The molecule has 1 amide bonds. The molecule has 1 saturated carbocycles. The summed E-state index contributed by atoms with van der Waals surface area (Å²) in [6, 6.07) is 3.74. The summed E-state index contributed by atoms with van der Waals surface area (Å²) < 4.78 is 0. The van der Waals surface area contributed by atoms with Crippen LogP contribution in [0.15, 0.2) is 24.5 Å². The van der Waals surface area contributed by atoms with E-state index in [4.69, 9.17) is 5.73 Å². The van der Waals surface area contributed by atoms with Gasteiger partial charge in [-0.1, -0.05) is 6.42 Å². The molecule has 6 heteroatoms. The molecule has 19 heavy (non-hydrogen) atoms. The number of carbonyl (C=O) groups is 1. The van der Waals surface area contributed by atoms with Gasteiger partial charge in [-0.05, 0) is 37.4 Å². The monoisotopic (exact) mass is 305 g/mol. The van der Waals surface area contributed by atoms with Crippen molar-refractivity contribution in [1.29, 1.82) is 0 Å². The quantitative estimate of drug-likeness (QED) is 0.932. The smallest absolute Gasteiger partial charge is 0.230 e. The van der Waals surface area contributed by atoms with Crippen LogP contribution < -0.4 is 10.6 Å². The number of anilines is 1. The number of nitrogens with two attached hydrogens (primary N) is 1. The lowest BCUT2D eigenvalue weighted by atomic mass is 9.95. The number of halogens is 2. The molecule has 0 unspecified atom stereocenters. The summed E-state index contributed by atoms with van der Waals surface area (Å²) in [6.45, 7) is 0.608. The van der Waals surface area contributed by atoms with Gasteiger partial charge in [0.1, 0.15) is 0 Å². The Morgan fingerprint density at radius 1 is 1.47 bits per heavy atom. The highest BCUT2D eigenvalue weighted by Crippen LogP contribution is 2.32. The van der Waals surface area contributed by atoms with Crippen LogP contribution in [0.2, 0.25) is 0 Å². The van der Waals surface area contributed by atoms with Crippen LogP contribution in [-0.2, 0) is 4.79 Å². The highest BCUT2D eigenvalue weighted by atomic mass is 35.5. The van der Waals surface area contributed by atoms with Crippen LogP contribution in [0.5, 0.6) is 0 Å². The number of hydrogen-bond donors (Lipinski definition) is 1. The van der Waals surface area contributed by atoms with Crippen molar-refractivity contribution in [3.63, 3.8) is 0 Å². The Hall–Kier alpha value is -0.840. The molecule has 1 heterocycles. The van der Waals surface area contributed by atoms with E-state index in [0.717, 1.165) is 24.9 Å². The van der Waals surface area contributed by atoms with Crippen LogP contribution in [0, 0.1) is 11.8 Å². The van der Waals surface area contributed by atoms with Crippen molar-refractivity contribution in [1.82, 2.24) is 4.98 Å². The normalized spacial score (nSPS) is 21.2. The highest BCUT2D eigenvalue weighted by molar-refractivity contribution is 5.94. The number of rotatable bonds is 3. The van der Waals surface area contributed by atoms with E-state index in [2.05, 4.69) is 4.98 Å². The van der Waals surface area contributed by atoms with Crippen molar-refractivity contribution < 1.29 is 4.79 Å². The number of hydrogen-bond acceptors (Lipinski definition) is 3. The van der Waals surface area contributed by atoms with Gasteiger partial charge in [-0.3, -0.25) is 9.78 Å². The van der Waals surface area contributed by atoms with Crippen molar-refractivity contribution >= 4 is 36.4 Å². The molecule has 4 nitrogen and oxygen atoms in total. The maximum Gasteiger partial charge on any atom is 0.230 e. The van der Waals surface area contributed by atoms with E-state index in [0.29, 0.717) is 12.5 Å². The lowest BCUT2D eigenvalue weighted by Gasteiger charge is -2.24. The van der Waals surface area contributed by atoms with E-state index >= 15 is 0 Å². The summed E-state index contributed by atoms with van der Waals surface area (Å²) in [5.74, 6) is 0.609. The van der Waals surface area contributed by atoms with Gasteiger partial charge >= 0.3 is 0 Å². The molecule has 1 aromatic heterocycles. The summed E-state index contributed by atoms with van der Waals surface area (Å²) in [5.41, 5.74) is 6.57. The summed E-state index contributed by atoms with van der Waals surface area (Å²) in [6.07, 6.45) is 6.57. The Balaban J connectivity index is 0.00000162. The molecule has 108 valence electrons. The second-order valence-electron chi connectivity index (χ2n) is 4.64. The third-order valence-corrected chi connectivity index (χ3v) is 3.64. The van der Waals surface area contributed by atoms with E-state index in [9.17, 15) is 4.79 Å². The molecule has 1 aliphatic carbocycles. The summed E-state index contributed by atoms with van der Waals surface area (Å²) in [5, 5.41) is 0. The number of pyridine rings is 1. The minimum Gasteiger partial charge on any atom is -0.330 e. The minimum absolute atomic E-state index is 0. The molecule has 1 aliphatic rings. The van der Waals surface area contributed by atoms with Crippen molar-refractivity contribution in [3.8, 4) is 0 Å².